The van der Waals surface area contributed by atoms with Gasteiger partial charge in [0.1, 0.15) is 10.6 Å². The average Bonchev–Trinajstić information content (AvgIpc) is 2.26. The van der Waals surface area contributed by atoms with Gasteiger partial charge in [-0.25, -0.2) is 0 Å². The summed E-state index contributed by atoms with van der Waals surface area (Å²) >= 11 is 10.2. The second kappa shape index (κ2) is 4.55. The molecular formula is C10H7Br3O2. The fraction of sp³-hybridized carbons (Fsp3) is 0.300. The number of benzene rings is 1. The maximum absolute atomic E-state index is 11.4. The van der Waals surface area contributed by atoms with Crippen LogP contribution in [0.3, 0.4) is 0 Å². The van der Waals surface area contributed by atoms with E-state index in [1.165, 1.54) is 0 Å². The first kappa shape index (κ1) is 11.6. The van der Waals surface area contributed by atoms with Crippen LogP contribution in [-0.4, -0.2) is 10.8 Å². The Kier molecular flexibility index (Phi) is 3.52. The van der Waals surface area contributed by atoms with E-state index in [-0.39, 0.29) is 15.6 Å². The predicted octanol–water partition coefficient (Wildman–Crippen LogP) is 3.70. The van der Waals surface area contributed by atoms with Crippen LogP contribution in [0.15, 0.2) is 18.2 Å². The zero-order valence-corrected chi connectivity index (χ0v) is 12.3. The Hall–Kier alpha value is 0.130. The largest absolute Gasteiger partial charge is 0.425 e. The molecule has 2 atom stereocenters. The smallest absolute Gasteiger partial charge is 0.326 e. The van der Waals surface area contributed by atoms with E-state index in [1.54, 1.807) is 0 Å². The van der Waals surface area contributed by atoms with Crippen LogP contribution in [0, 0.1) is 0 Å². The van der Waals surface area contributed by atoms with Crippen molar-refractivity contribution < 1.29 is 9.53 Å². The first-order valence-electron chi connectivity index (χ1n) is 4.32. The maximum Gasteiger partial charge on any atom is 0.326 e. The van der Waals surface area contributed by atoms with Crippen LogP contribution in [0.5, 0.6) is 5.75 Å². The summed E-state index contributed by atoms with van der Waals surface area (Å²) in [6.07, 6.45) is 0. The van der Waals surface area contributed by atoms with Crippen LogP contribution in [0.4, 0.5) is 0 Å². The van der Waals surface area contributed by atoms with Crippen molar-refractivity contribution in [3.8, 4) is 5.75 Å². The molecule has 1 heterocycles. The standard InChI is InChI=1S/C10H7Br3O2/c11-4-5-1-2-7-6(3-5)8(12)9(13)10(14)15-7/h1-3,8-9H,4H2. The van der Waals surface area contributed by atoms with Gasteiger partial charge in [0.2, 0.25) is 0 Å². The van der Waals surface area contributed by atoms with Gasteiger partial charge in [-0.15, -0.1) is 0 Å². The summed E-state index contributed by atoms with van der Waals surface area (Å²) in [7, 11) is 0. The van der Waals surface area contributed by atoms with Crippen molar-refractivity contribution in [3.63, 3.8) is 0 Å². The minimum atomic E-state index is -0.324. The molecule has 1 aromatic rings. The molecule has 2 nitrogen and oxygen atoms in total. The molecule has 2 rings (SSSR count). The molecular weight excluding hydrogens is 392 g/mol. The third-order valence-electron chi connectivity index (χ3n) is 2.22. The molecule has 0 N–H and O–H groups in total. The molecule has 1 aliphatic heterocycles. The number of hydrogen-bond acceptors (Lipinski definition) is 2. The highest BCUT2D eigenvalue weighted by Gasteiger charge is 2.34. The van der Waals surface area contributed by atoms with E-state index in [2.05, 4.69) is 47.8 Å². The highest BCUT2D eigenvalue weighted by molar-refractivity contribution is 9.12. The number of esters is 1. The lowest BCUT2D eigenvalue weighted by molar-refractivity contribution is -0.134. The first-order chi connectivity index (χ1) is 7.13. The molecule has 0 saturated carbocycles. The zero-order chi connectivity index (χ0) is 11.0. The van der Waals surface area contributed by atoms with Crippen LogP contribution < -0.4 is 4.74 Å². The molecule has 0 bridgehead atoms. The normalized spacial score (nSPS) is 24.6. The molecule has 5 heteroatoms. The summed E-state index contributed by atoms with van der Waals surface area (Å²) in [5.74, 6) is 0.387. The Morgan fingerprint density at radius 2 is 2.00 bits per heavy atom. The zero-order valence-electron chi connectivity index (χ0n) is 7.54. The van der Waals surface area contributed by atoms with Gasteiger partial charge in [-0.3, -0.25) is 4.79 Å². The second-order valence-electron chi connectivity index (χ2n) is 3.23. The van der Waals surface area contributed by atoms with E-state index >= 15 is 0 Å². The highest BCUT2D eigenvalue weighted by Crippen LogP contribution is 2.41. The quantitative estimate of drug-likeness (QED) is 0.409. The van der Waals surface area contributed by atoms with Gasteiger partial charge in [-0.05, 0) is 11.6 Å². The first-order valence-corrected chi connectivity index (χ1v) is 7.27. The summed E-state index contributed by atoms with van der Waals surface area (Å²) in [5.41, 5.74) is 2.17. The third kappa shape index (κ3) is 2.15. The molecule has 0 aromatic heterocycles. The molecule has 0 spiro atoms. The predicted molar refractivity (Wildman–Crippen MR) is 69.1 cm³/mol. The fourth-order valence-electron chi connectivity index (χ4n) is 1.43. The average molecular weight is 399 g/mol. The van der Waals surface area contributed by atoms with Crippen LogP contribution in [0.1, 0.15) is 16.0 Å². The van der Waals surface area contributed by atoms with E-state index in [9.17, 15) is 4.79 Å². The molecule has 1 aliphatic rings. The van der Waals surface area contributed by atoms with Gasteiger partial charge in [0, 0.05) is 10.9 Å². The van der Waals surface area contributed by atoms with E-state index < -0.39 is 0 Å². The number of ether oxygens (including phenoxy) is 1. The summed E-state index contributed by atoms with van der Waals surface area (Å²) in [5, 5.41) is 0.793. The number of carbonyl (C=O) groups excluding carboxylic acids is 1. The van der Waals surface area contributed by atoms with Gasteiger partial charge in [0.05, 0.1) is 4.83 Å². The Morgan fingerprint density at radius 1 is 1.27 bits per heavy atom. The van der Waals surface area contributed by atoms with Crippen LogP contribution in [0.2, 0.25) is 0 Å². The van der Waals surface area contributed by atoms with Gasteiger partial charge in [-0.1, -0.05) is 59.9 Å². The lowest BCUT2D eigenvalue weighted by Gasteiger charge is -2.24. The van der Waals surface area contributed by atoms with E-state index in [1.807, 2.05) is 18.2 Å². The van der Waals surface area contributed by atoms with Gasteiger partial charge in [0.15, 0.2) is 0 Å². The molecule has 1 aromatic carbocycles. The topological polar surface area (TPSA) is 26.3 Å². The molecule has 0 radical (unpaired) electrons. The number of carbonyl (C=O) groups is 1. The fourth-order valence-corrected chi connectivity index (χ4v) is 2.73. The third-order valence-corrected chi connectivity index (χ3v) is 5.50. The summed E-state index contributed by atoms with van der Waals surface area (Å²) in [4.78, 5) is 11.1. The minimum absolute atomic E-state index is 0.0345. The van der Waals surface area contributed by atoms with Crippen molar-refractivity contribution >= 4 is 53.8 Å². The van der Waals surface area contributed by atoms with Crippen LogP contribution in [-0.2, 0) is 10.1 Å². The lowest BCUT2D eigenvalue weighted by Crippen LogP contribution is -2.29. The Bertz CT molecular complexity index is 406. The molecule has 15 heavy (non-hydrogen) atoms. The summed E-state index contributed by atoms with van der Waals surface area (Å²) < 4.78 is 5.18. The molecule has 0 fully saturated rings. The number of alkyl halides is 3. The van der Waals surface area contributed by atoms with Crippen molar-refractivity contribution in [2.45, 2.75) is 15.0 Å². The van der Waals surface area contributed by atoms with E-state index in [0.29, 0.717) is 5.75 Å². The SMILES string of the molecule is O=C1Oc2ccc(CBr)cc2C(Br)C1Br. The molecule has 0 aliphatic carbocycles. The van der Waals surface area contributed by atoms with Gasteiger partial charge in [-0.2, -0.15) is 0 Å². The Morgan fingerprint density at radius 3 is 2.67 bits per heavy atom. The lowest BCUT2D eigenvalue weighted by atomic mass is 10.0. The minimum Gasteiger partial charge on any atom is -0.425 e. The van der Waals surface area contributed by atoms with Crippen molar-refractivity contribution in [2.24, 2.45) is 0 Å². The molecule has 0 saturated heterocycles. The number of rotatable bonds is 1. The van der Waals surface area contributed by atoms with Crippen molar-refractivity contribution in [1.82, 2.24) is 0 Å². The van der Waals surface area contributed by atoms with Gasteiger partial charge >= 0.3 is 5.97 Å². The summed E-state index contributed by atoms with van der Waals surface area (Å²) in [6.45, 7) is 0. The van der Waals surface area contributed by atoms with E-state index in [4.69, 9.17) is 4.74 Å². The maximum atomic E-state index is 11.4. The number of hydrogen-bond donors (Lipinski definition) is 0. The second-order valence-corrected chi connectivity index (χ2v) is 5.76. The van der Waals surface area contributed by atoms with Crippen molar-refractivity contribution in [1.29, 1.82) is 0 Å². The van der Waals surface area contributed by atoms with Gasteiger partial charge in [0.25, 0.3) is 0 Å². The molecule has 0 amide bonds. The number of halogens is 3. The Balaban J connectivity index is 2.46. The highest BCUT2D eigenvalue weighted by atomic mass is 79.9. The summed E-state index contributed by atoms with van der Waals surface area (Å²) in [6, 6.07) is 5.80. The monoisotopic (exact) mass is 396 g/mol. The van der Waals surface area contributed by atoms with Gasteiger partial charge < -0.3 is 4.74 Å². The molecule has 80 valence electrons. The Labute approximate surface area is 113 Å². The van der Waals surface area contributed by atoms with Crippen molar-refractivity contribution in [3.05, 3.63) is 29.3 Å². The van der Waals surface area contributed by atoms with Crippen molar-refractivity contribution in [2.75, 3.05) is 0 Å². The van der Waals surface area contributed by atoms with Crippen LogP contribution in [0.25, 0.3) is 0 Å². The number of fused-ring (bicyclic) bond motifs is 1. The van der Waals surface area contributed by atoms with Crippen LogP contribution >= 0.6 is 47.8 Å². The molecule has 2 unspecified atom stereocenters. The van der Waals surface area contributed by atoms with E-state index in [0.717, 1.165) is 16.5 Å².